The molecule has 0 unspecified atom stereocenters. The molecule has 2 bridgehead atoms. The first-order valence-electron chi connectivity index (χ1n) is 4.30. The van der Waals surface area contributed by atoms with Crippen LogP contribution in [0.15, 0.2) is 0 Å². The molecule has 4 fully saturated rings. The van der Waals surface area contributed by atoms with Gasteiger partial charge in [-0.2, -0.15) is 0 Å². The molecule has 0 radical (unpaired) electrons. The molecule has 0 aromatic heterocycles. The molecule has 0 amide bonds. The van der Waals surface area contributed by atoms with Crippen LogP contribution in [0.5, 0.6) is 0 Å². The molecule has 6 atom stereocenters. The van der Waals surface area contributed by atoms with Crippen molar-refractivity contribution in [2.45, 2.75) is 37.3 Å². The van der Waals surface area contributed by atoms with Gasteiger partial charge in [-0.05, 0) is 12.8 Å². The Balaban J connectivity index is 1.94. The van der Waals surface area contributed by atoms with Crippen LogP contribution in [0.3, 0.4) is 0 Å². The molecular weight excluding hydrogens is 144 g/mol. The highest BCUT2D eigenvalue weighted by atomic mass is 16.6. The standard InChI is InChI=1S/C8H12O3/c9-5-3-1-2-4(6(5)10)8-7(3)11-8/h3-10H,1-2H2/t3-,4+,5+,6-,7+,8-. The zero-order valence-corrected chi connectivity index (χ0v) is 6.18. The Morgan fingerprint density at radius 2 is 1.36 bits per heavy atom. The van der Waals surface area contributed by atoms with Crippen molar-refractivity contribution in [3.05, 3.63) is 0 Å². The maximum absolute atomic E-state index is 9.53. The summed E-state index contributed by atoms with van der Waals surface area (Å²) in [6, 6.07) is 0. The van der Waals surface area contributed by atoms with E-state index < -0.39 is 12.2 Å². The predicted octanol–water partition coefficient (Wildman–Crippen LogP) is -0.485. The van der Waals surface area contributed by atoms with E-state index >= 15 is 0 Å². The monoisotopic (exact) mass is 156 g/mol. The van der Waals surface area contributed by atoms with Crippen LogP contribution in [-0.4, -0.2) is 34.6 Å². The lowest BCUT2D eigenvalue weighted by Gasteiger charge is -2.40. The molecule has 0 aromatic carbocycles. The summed E-state index contributed by atoms with van der Waals surface area (Å²) in [5, 5.41) is 19.1. The van der Waals surface area contributed by atoms with Gasteiger partial charge in [0.25, 0.3) is 0 Å². The van der Waals surface area contributed by atoms with E-state index in [2.05, 4.69) is 0 Å². The Labute approximate surface area is 65.0 Å². The van der Waals surface area contributed by atoms with E-state index in [1.165, 1.54) is 0 Å². The van der Waals surface area contributed by atoms with Crippen molar-refractivity contribution in [1.29, 1.82) is 0 Å². The topological polar surface area (TPSA) is 53.0 Å². The minimum atomic E-state index is -0.516. The van der Waals surface area contributed by atoms with Crippen LogP contribution < -0.4 is 0 Å². The highest BCUT2D eigenvalue weighted by molar-refractivity contribution is 5.10. The first-order chi connectivity index (χ1) is 5.29. The van der Waals surface area contributed by atoms with E-state index in [4.69, 9.17) is 4.74 Å². The number of epoxide rings is 1. The minimum Gasteiger partial charge on any atom is -0.390 e. The van der Waals surface area contributed by atoms with Gasteiger partial charge in [-0.3, -0.25) is 0 Å². The van der Waals surface area contributed by atoms with Gasteiger partial charge in [-0.25, -0.2) is 0 Å². The van der Waals surface area contributed by atoms with Crippen molar-refractivity contribution in [3.8, 4) is 0 Å². The maximum atomic E-state index is 9.53. The van der Waals surface area contributed by atoms with Crippen LogP contribution in [0, 0.1) is 11.8 Å². The number of fused-ring (bicyclic) bond motifs is 2. The molecule has 3 nitrogen and oxygen atoms in total. The molecule has 11 heavy (non-hydrogen) atoms. The van der Waals surface area contributed by atoms with Gasteiger partial charge in [-0.1, -0.05) is 0 Å². The number of hydrogen-bond acceptors (Lipinski definition) is 3. The molecule has 1 heterocycles. The molecule has 3 saturated carbocycles. The Bertz CT molecular complexity index is 174. The van der Waals surface area contributed by atoms with Crippen LogP contribution in [0.1, 0.15) is 12.8 Å². The first kappa shape index (κ1) is 6.40. The average Bonchev–Trinajstić information content (AvgIpc) is 2.76. The molecule has 0 aromatic rings. The summed E-state index contributed by atoms with van der Waals surface area (Å²) in [7, 11) is 0. The summed E-state index contributed by atoms with van der Waals surface area (Å²) in [4.78, 5) is 0. The lowest BCUT2D eigenvalue weighted by molar-refractivity contribution is -0.0942. The average molecular weight is 156 g/mol. The summed E-state index contributed by atoms with van der Waals surface area (Å²) in [5.41, 5.74) is 0. The van der Waals surface area contributed by atoms with Gasteiger partial charge in [0.1, 0.15) is 0 Å². The number of hydrogen-bond donors (Lipinski definition) is 2. The number of ether oxygens (including phenoxy) is 1. The first-order valence-corrected chi connectivity index (χ1v) is 4.30. The minimum absolute atomic E-state index is 0.222. The normalized spacial score (nSPS) is 66.0. The third kappa shape index (κ3) is 0.643. The van der Waals surface area contributed by atoms with Crippen molar-refractivity contribution in [3.63, 3.8) is 0 Å². The molecule has 4 aliphatic rings. The van der Waals surface area contributed by atoms with Gasteiger partial charge < -0.3 is 14.9 Å². The Morgan fingerprint density at radius 3 is 1.82 bits per heavy atom. The summed E-state index contributed by atoms with van der Waals surface area (Å²) in [5.74, 6) is 0.444. The number of aliphatic hydroxyl groups excluding tert-OH is 2. The largest absolute Gasteiger partial charge is 0.390 e. The number of aliphatic hydroxyl groups is 2. The SMILES string of the molecule is O[C@@H]1[C@H](O)[C@@H]2CC[C@H]1[C@@H]1O[C@H]21. The second-order valence-electron chi connectivity index (χ2n) is 3.95. The van der Waals surface area contributed by atoms with E-state index in [0.29, 0.717) is 0 Å². The van der Waals surface area contributed by atoms with E-state index in [0.717, 1.165) is 12.8 Å². The van der Waals surface area contributed by atoms with Gasteiger partial charge in [0.2, 0.25) is 0 Å². The summed E-state index contributed by atoms with van der Waals surface area (Å²) >= 11 is 0. The maximum Gasteiger partial charge on any atom is 0.0899 e. The molecule has 1 saturated heterocycles. The predicted molar refractivity (Wildman–Crippen MR) is 36.9 cm³/mol. The fourth-order valence-electron chi connectivity index (χ4n) is 2.78. The molecule has 62 valence electrons. The fourth-order valence-corrected chi connectivity index (χ4v) is 2.78. The van der Waals surface area contributed by atoms with Crippen LogP contribution >= 0.6 is 0 Å². The van der Waals surface area contributed by atoms with Crippen molar-refractivity contribution in [2.24, 2.45) is 11.8 Å². The highest BCUT2D eigenvalue weighted by Crippen LogP contribution is 2.52. The van der Waals surface area contributed by atoms with E-state index in [9.17, 15) is 10.2 Å². The van der Waals surface area contributed by atoms with Gasteiger partial charge in [0.15, 0.2) is 0 Å². The number of rotatable bonds is 0. The van der Waals surface area contributed by atoms with Crippen molar-refractivity contribution in [1.82, 2.24) is 0 Å². The van der Waals surface area contributed by atoms with Crippen LogP contribution in [0.2, 0.25) is 0 Å². The smallest absolute Gasteiger partial charge is 0.0899 e. The third-order valence-corrected chi connectivity index (χ3v) is 3.47. The molecule has 3 aliphatic carbocycles. The molecule has 3 heteroatoms. The van der Waals surface area contributed by atoms with Crippen molar-refractivity contribution < 1.29 is 14.9 Å². The van der Waals surface area contributed by atoms with Gasteiger partial charge >= 0.3 is 0 Å². The lowest BCUT2D eigenvalue weighted by atomic mass is 9.67. The zero-order valence-electron chi connectivity index (χ0n) is 6.18. The van der Waals surface area contributed by atoms with E-state index in [-0.39, 0.29) is 24.0 Å². The van der Waals surface area contributed by atoms with Gasteiger partial charge in [0.05, 0.1) is 24.4 Å². The molecule has 2 N–H and O–H groups in total. The Kier molecular flexibility index (Phi) is 1.04. The Hall–Kier alpha value is -0.120. The van der Waals surface area contributed by atoms with Crippen molar-refractivity contribution >= 4 is 0 Å². The quantitative estimate of drug-likeness (QED) is 0.465. The second-order valence-corrected chi connectivity index (χ2v) is 3.95. The van der Waals surface area contributed by atoms with Crippen molar-refractivity contribution in [2.75, 3.05) is 0 Å². The summed E-state index contributed by atoms with van der Waals surface area (Å²) in [6.07, 6.45) is 1.60. The van der Waals surface area contributed by atoms with Gasteiger partial charge in [-0.15, -0.1) is 0 Å². The molecular formula is C8H12O3. The van der Waals surface area contributed by atoms with Gasteiger partial charge in [0, 0.05) is 11.8 Å². The Morgan fingerprint density at radius 1 is 0.909 bits per heavy atom. The molecule has 4 rings (SSSR count). The second kappa shape index (κ2) is 1.79. The van der Waals surface area contributed by atoms with Crippen LogP contribution in [-0.2, 0) is 4.74 Å². The zero-order chi connectivity index (χ0) is 7.59. The summed E-state index contributed by atoms with van der Waals surface area (Å²) in [6.45, 7) is 0. The van der Waals surface area contributed by atoms with E-state index in [1.54, 1.807) is 0 Å². The van der Waals surface area contributed by atoms with Crippen LogP contribution in [0.4, 0.5) is 0 Å². The van der Waals surface area contributed by atoms with E-state index in [1.807, 2.05) is 0 Å². The summed E-state index contributed by atoms with van der Waals surface area (Å²) < 4.78 is 5.39. The highest BCUT2D eigenvalue weighted by Gasteiger charge is 2.62. The molecule has 1 aliphatic heterocycles. The third-order valence-electron chi connectivity index (χ3n) is 3.47. The fraction of sp³-hybridized carbons (Fsp3) is 1.00. The van der Waals surface area contributed by atoms with Crippen LogP contribution in [0.25, 0.3) is 0 Å². The lowest BCUT2D eigenvalue weighted by Crippen LogP contribution is -2.52. The molecule has 0 spiro atoms.